The summed E-state index contributed by atoms with van der Waals surface area (Å²) in [5.41, 5.74) is -0.615. The molecule has 1 N–H and O–H groups in total. The first-order chi connectivity index (χ1) is 10.2. The molecule has 5 heteroatoms. The second-order valence-electron chi connectivity index (χ2n) is 6.56. The van der Waals surface area contributed by atoms with Crippen LogP contribution in [0.5, 0.6) is 5.75 Å². The van der Waals surface area contributed by atoms with Gasteiger partial charge in [-0.3, -0.25) is 0 Å². The Labute approximate surface area is 132 Å². The first-order valence-electron chi connectivity index (χ1n) is 7.43. The van der Waals surface area contributed by atoms with Gasteiger partial charge < -0.3 is 14.8 Å². The molecule has 5 nitrogen and oxygen atoms in total. The molecule has 22 heavy (non-hydrogen) atoms. The molecule has 0 radical (unpaired) electrons. The van der Waals surface area contributed by atoms with Gasteiger partial charge in [0.2, 0.25) is 0 Å². The van der Waals surface area contributed by atoms with E-state index in [2.05, 4.69) is 5.32 Å². The molecule has 0 unspecified atom stereocenters. The maximum Gasteiger partial charge on any atom is 0.408 e. The quantitative estimate of drug-likeness (QED) is 0.667. The summed E-state index contributed by atoms with van der Waals surface area (Å²) in [6.07, 6.45) is -0.145. The van der Waals surface area contributed by atoms with E-state index in [0.29, 0.717) is 12.2 Å². The van der Waals surface area contributed by atoms with Gasteiger partial charge in [-0.05, 0) is 45.2 Å². The Balaban J connectivity index is 2.71. The highest BCUT2D eigenvalue weighted by molar-refractivity contribution is 5.83. The zero-order valence-electron chi connectivity index (χ0n) is 13.9. The number of alkyl carbamates (subject to hydrolysis) is 1. The molecular formula is C17H25NO4. The highest BCUT2D eigenvalue weighted by atomic mass is 16.6. The van der Waals surface area contributed by atoms with E-state index in [1.54, 1.807) is 45.0 Å². The minimum Gasteiger partial charge on any atom is -0.444 e. The molecule has 1 aromatic carbocycles. The highest BCUT2D eigenvalue weighted by Crippen LogP contribution is 2.13. The number of ether oxygens (including phenoxy) is 2. The van der Waals surface area contributed by atoms with Crippen LogP contribution in [0.3, 0.4) is 0 Å². The molecule has 0 aliphatic carbocycles. The highest BCUT2D eigenvalue weighted by Gasteiger charge is 2.26. The van der Waals surface area contributed by atoms with E-state index >= 15 is 0 Å². The molecular weight excluding hydrogens is 282 g/mol. The lowest BCUT2D eigenvalue weighted by Gasteiger charge is -2.23. The molecule has 0 heterocycles. The van der Waals surface area contributed by atoms with Gasteiger partial charge in [0.25, 0.3) is 0 Å². The maximum absolute atomic E-state index is 12.3. The van der Waals surface area contributed by atoms with E-state index in [1.807, 2.05) is 19.9 Å². The molecule has 1 amide bonds. The number of nitrogens with one attached hydrogen (secondary N) is 1. The van der Waals surface area contributed by atoms with Crippen molar-refractivity contribution in [1.82, 2.24) is 5.32 Å². The van der Waals surface area contributed by atoms with Crippen molar-refractivity contribution in [3.8, 4) is 5.75 Å². The van der Waals surface area contributed by atoms with Crippen LogP contribution in [0.25, 0.3) is 0 Å². The van der Waals surface area contributed by atoms with Crippen molar-refractivity contribution in [1.29, 1.82) is 0 Å². The molecule has 0 saturated heterocycles. The molecule has 0 saturated carbocycles. The lowest BCUT2D eigenvalue weighted by Crippen LogP contribution is -2.45. The van der Waals surface area contributed by atoms with E-state index in [-0.39, 0.29) is 5.92 Å². The first-order valence-corrected chi connectivity index (χ1v) is 7.43. The van der Waals surface area contributed by atoms with Gasteiger partial charge in [0.05, 0.1) is 0 Å². The number of hydrogen-bond donors (Lipinski definition) is 1. The SMILES string of the molecule is CC(C)C[C@@H](NC(=O)OC(C)(C)C)C(=O)Oc1ccccc1. The van der Waals surface area contributed by atoms with Gasteiger partial charge in [0, 0.05) is 0 Å². The van der Waals surface area contributed by atoms with Gasteiger partial charge in [-0.15, -0.1) is 0 Å². The van der Waals surface area contributed by atoms with Crippen molar-refractivity contribution in [3.63, 3.8) is 0 Å². The molecule has 122 valence electrons. The Morgan fingerprint density at radius 2 is 1.73 bits per heavy atom. The summed E-state index contributed by atoms with van der Waals surface area (Å²) in [6.45, 7) is 9.25. The second kappa shape index (κ2) is 7.82. The van der Waals surface area contributed by atoms with Crippen LogP contribution in [0.2, 0.25) is 0 Å². The zero-order valence-corrected chi connectivity index (χ0v) is 13.9. The van der Waals surface area contributed by atoms with E-state index in [0.717, 1.165) is 0 Å². The smallest absolute Gasteiger partial charge is 0.408 e. The van der Waals surface area contributed by atoms with Crippen LogP contribution in [0.15, 0.2) is 30.3 Å². The van der Waals surface area contributed by atoms with Crippen molar-refractivity contribution < 1.29 is 19.1 Å². The van der Waals surface area contributed by atoms with E-state index in [1.165, 1.54) is 0 Å². The molecule has 0 aliphatic rings. The fourth-order valence-electron chi connectivity index (χ4n) is 1.81. The van der Waals surface area contributed by atoms with Gasteiger partial charge in [-0.2, -0.15) is 0 Å². The second-order valence-corrected chi connectivity index (χ2v) is 6.56. The number of carbonyl (C=O) groups is 2. The van der Waals surface area contributed by atoms with Gasteiger partial charge >= 0.3 is 12.1 Å². The topological polar surface area (TPSA) is 64.6 Å². The van der Waals surface area contributed by atoms with Crippen LogP contribution in [-0.2, 0) is 9.53 Å². The maximum atomic E-state index is 12.3. The predicted molar refractivity (Wildman–Crippen MR) is 84.7 cm³/mol. The van der Waals surface area contributed by atoms with Gasteiger partial charge in [-0.1, -0.05) is 32.0 Å². The monoisotopic (exact) mass is 307 g/mol. The Bertz CT molecular complexity index is 491. The van der Waals surface area contributed by atoms with Crippen molar-refractivity contribution in [2.75, 3.05) is 0 Å². The minimum absolute atomic E-state index is 0.225. The Kier molecular flexibility index (Phi) is 6.40. The van der Waals surface area contributed by atoms with Gasteiger partial charge in [0.1, 0.15) is 17.4 Å². The summed E-state index contributed by atoms with van der Waals surface area (Å²) >= 11 is 0. The summed E-state index contributed by atoms with van der Waals surface area (Å²) in [4.78, 5) is 24.1. The number of para-hydroxylation sites is 1. The number of carbonyl (C=O) groups excluding carboxylic acids is 2. The molecule has 1 aromatic rings. The average molecular weight is 307 g/mol. The lowest BCUT2D eigenvalue weighted by molar-refractivity contribution is -0.137. The number of esters is 1. The van der Waals surface area contributed by atoms with Crippen molar-refractivity contribution >= 4 is 12.1 Å². The van der Waals surface area contributed by atoms with Crippen molar-refractivity contribution in [3.05, 3.63) is 30.3 Å². The minimum atomic E-state index is -0.741. The van der Waals surface area contributed by atoms with Crippen LogP contribution in [0.4, 0.5) is 4.79 Å². The van der Waals surface area contributed by atoms with Gasteiger partial charge in [-0.25, -0.2) is 9.59 Å². The third kappa shape index (κ3) is 7.11. The van der Waals surface area contributed by atoms with Crippen LogP contribution in [-0.4, -0.2) is 23.7 Å². The van der Waals surface area contributed by atoms with E-state index in [9.17, 15) is 9.59 Å². The summed E-state index contributed by atoms with van der Waals surface area (Å²) in [5.74, 6) is 0.182. The largest absolute Gasteiger partial charge is 0.444 e. The third-order valence-corrected chi connectivity index (χ3v) is 2.64. The number of hydrogen-bond acceptors (Lipinski definition) is 4. The molecule has 1 atom stereocenters. The number of rotatable bonds is 5. The average Bonchev–Trinajstić information content (AvgIpc) is 2.36. The predicted octanol–water partition coefficient (Wildman–Crippen LogP) is 3.53. The standard InChI is InChI=1S/C17H25NO4/c1-12(2)11-14(18-16(20)22-17(3,4)5)15(19)21-13-9-7-6-8-10-13/h6-10,12,14H,11H2,1-5H3,(H,18,20)/t14-/m1/s1. The molecule has 0 aliphatic heterocycles. The van der Waals surface area contributed by atoms with Crippen LogP contribution in [0.1, 0.15) is 41.0 Å². The Morgan fingerprint density at radius 1 is 1.14 bits per heavy atom. The number of amides is 1. The lowest BCUT2D eigenvalue weighted by atomic mass is 10.0. The molecule has 0 fully saturated rings. The van der Waals surface area contributed by atoms with Crippen LogP contribution < -0.4 is 10.1 Å². The molecule has 0 aromatic heterocycles. The summed E-state index contributed by atoms with van der Waals surface area (Å²) < 4.78 is 10.5. The molecule has 1 rings (SSSR count). The summed E-state index contributed by atoms with van der Waals surface area (Å²) in [6, 6.07) is 8.04. The van der Waals surface area contributed by atoms with Crippen molar-refractivity contribution in [2.45, 2.75) is 52.7 Å². The van der Waals surface area contributed by atoms with Crippen molar-refractivity contribution in [2.24, 2.45) is 5.92 Å². The third-order valence-electron chi connectivity index (χ3n) is 2.64. The van der Waals surface area contributed by atoms with E-state index < -0.39 is 23.7 Å². The fourth-order valence-corrected chi connectivity index (χ4v) is 1.81. The van der Waals surface area contributed by atoms with Crippen LogP contribution >= 0.6 is 0 Å². The zero-order chi connectivity index (χ0) is 16.8. The normalized spacial score (nSPS) is 12.6. The summed E-state index contributed by atoms with van der Waals surface area (Å²) in [7, 11) is 0. The van der Waals surface area contributed by atoms with E-state index in [4.69, 9.17) is 9.47 Å². The molecule has 0 spiro atoms. The Morgan fingerprint density at radius 3 is 2.23 bits per heavy atom. The van der Waals surface area contributed by atoms with Crippen LogP contribution in [0, 0.1) is 5.92 Å². The first kappa shape index (κ1) is 18.0. The molecule has 0 bridgehead atoms. The fraction of sp³-hybridized carbons (Fsp3) is 0.529. The van der Waals surface area contributed by atoms with Gasteiger partial charge in [0.15, 0.2) is 0 Å². The number of benzene rings is 1. The summed E-state index contributed by atoms with van der Waals surface area (Å²) in [5, 5.41) is 2.59. The Hall–Kier alpha value is -2.04.